The van der Waals surface area contributed by atoms with Gasteiger partial charge in [-0.05, 0) is 36.8 Å². The van der Waals surface area contributed by atoms with Gasteiger partial charge in [-0.2, -0.15) is 10.2 Å². The number of rotatable bonds is 6. The maximum Gasteiger partial charge on any atom is 0.251 e. The summed E-state index contributed by atoms with van der Waals surface area (Å²) in [6.45, 7) is 3.27. The van der Waals surface area contributed by atoms with E-state index in [0.29, 0.717) is 36.6 Å². The third-order valence-electron chi connectivity index (χ3n) is 5.94. The summed E-state index contributed by atoms with van der Waals surface area (Å²) >= 11 is 6.00. The molecule has 2 N–H and O–H groups in total. The van der Waals surface area contributed by atoms with Gasteiger partial charge in [0.15, 0.2) is 0 Å². The normalized spacial score (nSPS) is 13.1. The van der Waals surface area contributed by atoms with Gasteiger partial charge in [0, 0.05) is 46.4 Å². The molecule has 0 fully saturated rings. The Morgan fingerprint density at radius 2 is 1.91 bits per heavy atom. The minimum Gasteiger partial charge on any atom is -0.348 e. The second-order valence-electron chi connectivity index (χ2n) is 8.25. The summed E-state index contributed by atoms with van der Waals surface area (Å²) in [6, 6.07) is 16.7. The number of carbonyl (C=O) groups is 2. The van der Waals surface area contributed by atoms with Gasteiger partial charge in [-0.1, -0.05) is 35.9 Å². The number of amides is 2. The lowest BCUT2D eigenvalue weighted by molar-refractivity contribution is -0.119. The number of hydrogen-bond donors (Lipinski definition) is 2. The molecular weight excluding hydrogens is 452 g/mol. The van der Waals surface area contributed by atoms with Gasteiger partial charge in [0.05, 0.1) is 25.0 Å². The maximum absolute atomic E-state index is 12.7. The van der Waals surface area contributed by atoms with Gasteiger partial charge in [0.2, 0.25) is 5.91 Å². The highest BCUT2D eigenvalue weighted by molar-refractivity contribution is 6.30. The first-order valence-electron chi connectivity index (χ1n) is 11.0. The zero-order valence-corrected chi connectivity index (χ0v) is 19.3. The molecule has 0 saturated carbocycles. The molecular formula is C25H23ClN6O2. The lowest BCUT2D eigenvalue weighted by atomic mass is 10.1. The van der Waals surface area contributed by atoms with E-state index in [4.69, 9.17) is 11.6 Å². The van der Waals surface area contributed by atoms with Crippen LogP contribution in [0.25, 0.3) is 11.3 Å². The van der Waals surface area contributed by atoms with Crippen LogP contribution in [0.1, 0.15) is 33.6 Å². The smallest absolute Gasteiger partial charge is 0.251 e. The van der Waals surface area contributed by atoms with E-state index in [1.54, 1.807) is 23.2 Å². The Kier molecular flexibility index (Phi) is 5.90. The predicted octanol–water partition coefficient (Wildman–Crippen LogP) is 4.10. The van der Waals surface area contributed by atoms with Gasteiger partial charge in [0.1, 0.15) is 5.82 Å². The lowest BCUT2D eigenvalue weighted by Gasteiger charge is -2.27. The molecule has 1 aliphatic heterocycles. The minimum absolute atomic E-state index is 0.0485. The number of hydrogen-bond acceptors (Lipinski definition) is 4. The molecule has 0 aliphatic carbocycles. The molecule has 34 heavy (non-hydrogen) atoms. The first-order valence-corrected chi connectivity index (χ1v) is 11.4. The van der Waals surface area contributed by atoms with E-state index in [0.717, 1.165) is 33.9 Å². The highest BCUT2D eigenvalue weighted by atomic mass is 35.5. The van der Waals surface area contributed by atoms with E-state index in [1.165, 1.54) is 0 Å². The van der Waals surface area contributed by atoms with E-state index in [2.05, 4.69) is 20.6 Å². The predicted molar refractivity (Wildman–Crippen MR) is 129 cm³/mol. The summed E-state index contributed by atoms with van der Waals surface area (Å²) in [5.74, 6) is 0.651. The monoisotopic (exact) mass is 474 g/mol. The molecule has 0 radical (unpaired) electrons. The van der Waals surface area contributed by atoms with Crippen molar-refractivity contribution in [3.63, 3.8) is 0 Å². The molecule has 9 heteroatoms. The molecule has 4 aromatic rings. The van der Waals surface area contributed by atoms with Gasteiger partial charge in [-0.15, -0.1) is 0 Å². The van der Waals surface area contributed by atoms with Crippen molar-refractivity contribution in [1.82, 2.24) is 25.3 Å². The quantitative estimate of drug-likeness (QED) is 0.439. The average Bonchev–Trinajstić information content (AvgIpc) is 3.46. The Balaban J connectivity index is 1.29. The summed E-state index contributed by atoms with van der Waals surface area (Å²) in [6.07, 6.45) is 2.10. The van der Waals surface area contributed by atoms with Crippen LogP contribution in [-0.4, -0.2) is 31.8 Å². The van der Waals surface area contributed by atoms with Crippen LogP contribution in [0.15, 0.2) is 60.8 Å². The van der Waals surface area contributed by atoms with Crippen molar-refractivity contribution in [2.24, 2.45) is 0 Å². The number of nitrogens with zero attached hydrogens (tertiary/aromatic N) is 4. The van der Waals surface area contributed by atoms with Crippen molar-refractivity contribution < 1.29 is 9.59 Å². The second-order valence-corrected chi connectivity index (χ2v) is 8.68. The largest absolute Gasteiger partial charge is 0.348 e. The molecule has 2 amide bonds. The van der Waals surface area contributed by atoms with Crippen molar-refractivity contribution in [3.05, 3.63) is 88.2 Å². The van der Waals surface area contributed by atoms with Gasteiger partial charge < -0.3 is 5.32 Å². The number of carbonyl (C=O) groups excluding carboxylic acids is 2. The molecule has 5 rings (SSSR count). The maximum atomic E-state index is 12.7. The molecule has 8 nitrogen and oxygen atoms in total. The van der Waals surface area contributed by atoms with Crippen LogP contribution >= 0.6 is 11.6 Å². The molecule has 0 spiro atoms. The average molecular weight is 475 g/mol. The zero-order chi connectivity index (χ0) is 23.7. The highest BCUT2D eigenvalue weighted by Gasteiger charge is 2.26. The third kappa shape index (κ3) is 4.45. The number of anilines is 1. The van der Waals surface area contributed by atoms with Gasteiger partial charge >= 0.3 is 0 Å². The standard InChI is InChI=1S/C25H23ClN6O2/c1-16-20(14-28-29-16)13-27-25(34)19-4-2-17(3-5-19)15-31-23-12-22(18-6-8-21(26)9-7-18)30-32(23)11-10-24(31)33/h2-9,12,14H,10-11,13,15H2,1H3,(H,27,34)(H,28,29). The van der Waals surface area contributed by atoms with Crippen LogP contribution in [-0.2, 0) is 24.4 Å². The third-order valence-corrected chi connectivity index (χ3v) is 6.20. The number of benzene rings is 2. The fourth-order valence-electron chi connectivity index (χ4n) is 3.96. The fourth-order valence-corrected chi connectivity index (χ4v) is 4.09. The van der Waals surface area contributed by atoms with Crippen molar-refractivity contribution in [3.8, 4) is 11.3 Å². The number of nitrogens with one attached hydrogen (secondary N) is 2. The number of H-pyrrole nitrogens is 1. The molecule has 0 bridgehead atoms. The number of aromatic amines is 1. The van der Waals surface area contributed by atoms with Gasteiger partial charge in [-0.3, -0.25) is 19.6 Å². The van der Waals surface area contributed by atoms with Crippen LogP contribution in [0.4, 0.5) is 5.82 Å². The van der Waals surface area contributed by atoms with Crippen molar-refractivity contribution in [1.29, 1.82) is 0 Å². The van der Waals surface area contributed by atoms with Crippen molar-refractivity contribution in [2.75, 3.05) is 4.90 Å². The highest BCUT2D eigenvalue weighted by Crippen LogP contribution is 2.30. The molecule has 0 unspecified atom stereocenters. The number of aromatic nitrogens is 4. The Labute approximate surface area is 201 Å². The first kappa shape index (κ1) is 21.9. The van der Waals surface area contributed by atoms with Crippen LogP contribution in [0, 0.1) is 6.92 Å². The number of fused-ring (bicyclic) bond motifs is 1. The zero-order valence-electron chi connectivity index (χ0n) is 18.6. The summed E-state index contributed by atoms with van der Waals surface area (Å²) in [5, 5.41) is 15.1. The Morgan fingerprint density at radius 1 is 1.15 bits per heavy atom. The van der Waals surface area contributed by atoms with E-state index >= 15 is 0 Å². The summed E-state index contributed by atoms with van der Waals surface area (Å²) < 4.78 is 1.87. The van der Waals surface area contributed by atoms with Crippen LogP contribution in [0.3, 0.4) is 0 Å². The van der Waals surface area contributed by atoms with Gasteiger partial charge in [-0.25, -0.2) is 4.68 Å². The Morgan fingerprint density at radius 3 is 2.62 bits per heavy atom. The molecule has 0 saturated heterocycles. The molecule has 1 aliphatic rings. The summed E-state index contributed by atoms with van der Waals surface area (Å²) in [4.78, 5) is 27.0. The number of aryl methyl sites for hydroxylation is 2. The topological polar surface area (TPSA) is 95.9 Å². The molecule has 172 valence electrons. The lowest BCUT2D eigenvalue weighted by Crippen LogP contribution is -2.36. The van der Waals surface area contributed by atoms with Crippen LogP contribution in [0.5, 0.6) is 0 Å². The molecule has 2 aromatic heterocycles. The molecule has 0 atom stereocenters. The second kappa shape index (κ2) is 9.15. The van der Waals surface area contributed by atoms with E-state index in [9.17, 15) is 9.59 Å². The van der Waals surface area contributed by atoms with Gasteiger partial charge in [0.25, 0.3) is 5.91 Å². The van der Waals surface area contributed by atoms with Crippen LogP contribution in [0.2, 0.25) is 5.02 Å². The SMILES string of the molecule is Cc1[nH]ncc1CNC(=O)c1ccc(CN2C(=O)CCn3nc(-c4ccc(Cl)cc4)cc32)cc1. The van der Waals surface area contributed by atoms with Crippen molar-refractivity contribution >= 4 is 29.2 Å². The molecule has 3 heterocycles. The number of halogens is 1. The van der Waals surface area contributed by atoms with Crippen LogP contribution < -0.4 is 10.2 Å². The summed E-state index contributed by atoms with van der Waals surface area (Å²) in [5.41, 5.74) is 5.11. The van der Waals surface area contributed by atoms with E-state index in [1.807, 2.05) is 54.1 Å². The van der Waals surface area contributed by atoms with E-state index < -0.39 is 0 Å². The summed E-state index contributed by atoms with van der Waals surface area (Å²) in [7, 11) is 0. The van der Waals surface area contributed by atoms with E-state index in [-0.39, 0.29) is 11.8 Å². The molecule has 2 aromatic carbocycles. The van der Waals surface area contributed by atoms with Crippen molar-refractivity contribution in [2.45, 2.75) is 33.0 Å². The fraction of sp³-hybridized carbons (Fsp3) is 0.200. The Hall–Kier alpha value is -3.91. The minimum atomic E-state index is -0.160. The Bertz CT molecular complexity index is 1340. The first-order chi connectivity index (χ1) is 16.5.